The van der Waals surface area contributed by atoms with Gasteiger partial charge in [-0.25, -0.2) is 13.4 Å². The molecule has 27 heavy (non-hydrogen) atoms. The molecule has 0 spiro atoms. The Morgan fingerprint density at radius 2 is 1.78 bits per heavy atom. The molecule has 0 fully saturated rings. The summed E-state index contributed by atoms with van der Waals surface area (Å²) in [5.41, 5.74) is 1.14. The average molecular weight is 378 g/mol. The fourth-order valence-corrected chi connectivity index (χ4v) is 3.28. The van der Waals surface area contributed by atoms with Crippen molar-refractivity contribution in [1.82, 2.24) is 4.98 Å². The molecular weight excluding hydrogens is 364 g/mol. The van der Waals surface area contributed by atoms with Gasteiger partial charge in [-0.1, -0.05) is 12.1 Å². The number of carbonyl (C=O) groups is 1. The van der Waals surface area contributed by atoms with Gasteiger partial charge in [0.1, 0.15) is 5.82 Å². The minimum atomic E-state index is -3.78. The van der Waals surface area contributed by atoms with Crippen LogP contribution >= 0.6 is 0 Å². The van der Waals surface area contributed by atoms with E-state index in [2.05, 4.69) is 15.0 Å². The lowest BCUT2D eigenvalue weighted by Gasteiger charge is -2.09. The lowest BCUT2D eigenvalue weighted by Crippen LogP contribution is -2.14. The molecule has 134 valence electrons. The minimum absolute atomic E-state index is 0.0395. The van der Waals surface area contributed by atoms with Crippen molar-refractivity contribution in [3.05, 3.63) is 84.1 Å². The first-order valence-electron chi connectivity index (χ1n) is 7.83. The molecule has 0 aliphatic rings. The quantitative estimate of drug-likeness (QED) is 0.709. The number of nitrogens with zero attached hydrogens (tertiary/aromatic N) is 2. The van der Waals surface area contributed by atoms with Gasteiger partial charge in [0.15, 0.2) is 0 Å². The molecule has 0 saturated carbocycles. The SMILES string of the molecule is N#Cc1cccc(C(=O)Nc2ccc(S(=O)(=O)Nc3ccccn3)cc2)c1. The first-order chi connectivity index (χ1) is 13.0. The lowest BCUT2D eigenvalue weighted by atomic mass is 10.1. The van der Waals surface area contributed by atoms with Crippen molar-refractivity contribution in [3.8, 4) is 6.07 Å². The number of nitriles is 1. The number of sulfonamides is 1. The van der Waals surface area contributed by atoms with E-state index < -0.39 is 15.9 Å². The second-order valence-corrected chi connectivity index (χ2v) is 7.17. The van der Waals surface area contributed by atoms with Crippen LogP contribution < -0.4 is 10.0 Å². The Balaban J connectivity index is 1.73. The molecule has 1 amide bonds. The van der Waals surface area contributed by atoms with E-state index >= 15 is 0 Å². The highest BCUT2D eigenvalue weighted by Gasteiger charge is 2.15. The average Bonchev–Trinajstić information content (AvgIpc) is 2.69. The van der Waals surface area contributed by atoms with Crippen molar-refractivity contribution in [2.45, 2.75) is 4.90 Å². The first-order valence-corrected chi connectivity index (χ1v) is 9.32. The van der Waals surface area contributed by atoms with Crippen molar-refractivity contribution >= 4 is 27.4 Å². The highest BCUT2D eigenvalue weighted by atomic mass is 32.2. The zero-order valence-electron chi connectivity index (χ0n) is 14.0. The summed E-state index contributed by atoms with van der Waals surface area (Å²) < 4.78 is 27.1. The standard InChI is InChI=1S/C19H14N4O3S/c20-13-14-4-3-5-15(12-14)19(24)22-16-7-9-17(10-8-16)27(25,26)23-18-6-1-2-11-21-18/h1-12H,(H,21,23)(H,22,24). The van der Waals surface area contributed by atoms with Crippen LogP contribution in [-0.4, -0.2) is 19.3 Å². The van der Waals surface area contributed by atoms with Gasteiger partial charge in [0.25, 0.3) is 15.9 Å². The number of pyridine rings is 1. The van der Waals surface area contributed by atoms with Crippen LogP contribution in [0.4, 0.5) is 11.5 Å². The number of aromatic nitrogens is 1. The zero-order chi connectivity index (χ0) is 19.3. The maximum atomic E-state index is 12.4. The molecule has 0 radical (unpaired) electrons. The van der Waals surface area contributed by atoms with Crippen LogP contribution in [0.3, 0.4) is 0 Å². The van der Waals surface area contributed by atoms with Gasteiger partial charge in [0, 0.05) is 17.4 Å². The van der Waals surface area contributed by atoms with E-state index in [1.54, 1.807) is 36.4 Å². The number of anilines is 2. The highest BCUT2D eigenvalue weighted by molar-refractivity contribution is 7.92. The molecule has 3 aromatic rings. The van der Waals surface area contributed by atoms with Gasteiger partial charge in [-0.2, -0.15) is 5.26 Å². The summed E-state index contributed by atoms with van der Waals surface area (Å²) in [6, 6.07) is 18.9. The molecule has 0 bridgehead atoms. The Morgan fingerprint density at radius 3 is 2.44 bits per heavy atom. The van der Waals surface area contributed by atoms with E-state index in [0.29, 0.717) is 16.8 Å². The molecule has 2 N–H and O–H groups in total. The van der Waals surface area contributed by atoms with Crippen LogP contribution in [0.15, 0.2) is 77.8 Å². The van der Waals surface area contributed by atoms with Gasteiger partial charge >= 0.3 is 0 Å². The molecule has 1 aromatic heterocycles. The molecule has 1 heterocycles. The van der Waals surface area contributed by atoms with Crippen LogP contribution in [0.1, 0.15) is 15.9 Å². The summed E-state index contributed by atoms with van der Waals surface area (Å²) in [6.45, 7) is 0. The van der Waals surface area contributed by atoms with E-state index in [-0.39, 0.29) is 10.7 Å². The van der Waals surface area contributed by atoms with Crippen molar-refractivity contribution in [2.24, 2.45) is 0 Å². The number of hydrogen-bond donors (Lipinski definition) is 2. The largest absolute Gasteiger partial charge is 0.322 e. The maximum Gasteiger partial charge on any atom is 0.263 e. The van der Waals surface area contributed by atoms with Crippen molar-refractivity contribution < 1.29 is 13.2 Å². The molecule has 2 aromatic carbocycles. The Kier molecular flexibility index (Phi) is 5.15. The number of amides is 1. The Morgan fingerprint density at radius 1 is 1.00 bits per heavy atom. The van der Waals surface area contributed by atoms with Crippen molar-refractivity contribution in [3.63, 3.8) is 0 Å². The maximum absolute atomic E-state index is 12.4. The molecule has 0 atom stereocenters. The summed E-state index contributed by atoms with van der Waals surface area (Å²) >= 11 is 0. The van der Waals surface area contributed by atoms with Gasteiger partial charge < -0.3 is 5.32 Å². The van der Waals surface area contributed by atoms with Crippen LogP contribution in [0, 0.1) is 11.3 Å². The van der Waals surface area contributed by atoms with Gasteiger partial charge in [0.05, 0.1) is 16.5 Å². The van der Waals surface area contributed by atoms with E-state index in [1.807, 2.05) is 6.07 Å². The highest BCUT2D eigenvalue weighted by Crippen LogP contribution is 2.18. The lowest BCUT2D eigenvalue weighted by molar-refractivity contribution is 0.102. The monoisotopic (exact) mass is 378 g/mol. The second kappa shape index (κ2) is 7.68. The molecule has 0 aliphatic heterocycles. The molecule has 7 nitrogen and oxygen atoms in total. The van der Waals surface area contributed by atoms with Crippen LogP contribution in [0.2, 0.25) is 0 Å². The molecule has 0 saturated heterocycles. The molecule has 3 rings (SSSR count). The molecular formula is C19H14N4O3S. The van der Waals surface area contributed by atoms with Gasteiger partial charge in [0.2, 0.25) is 0 Å². The van der Waals surface area contributed by atoms with Crippen LogP contribution in [0.25, 0.3) is 0 Å². The smallest absolute Gasteiger partial charge is 0.263 e. The Labute approximate surface area is 156 Å². The van der Waals surface area contributed by atoms with Crippen molar-refractivity contribution in [1.29, 1.82) is 5.26 Å². The molecule has 0 aliphatic carbocycles. The van der Waals surface area contributed by atoms with Gasteiger partial charge in [-0.3, -0.25) is 9.52 Å². The third-order valence-corrected chi connectivity index (χ3v) is 4.95. The third-order valence-electron chi connectivity index (χ3n) is 3.58. The number of benzene rings is 2. The predicted molar refractivity (Wildman–Crippen MR) is 101 cm³/mol. The minimum Gasteiger partial charge on any atom is -0.322 e. The summed E-state index contributed by atoms with van der Waals surface area (Å²) in [6.07, 6.45) is 1.48. The fraction of sp³-hybridized carbons (Fsp3) is 0. The third kappa shape index (κ3) is 4.48. The number of rotatable bonds is 5. The summed E-state index contributed by atoms with van der Waals surface area (Å²) in [7, 11) is -3.78. The summed E-state index contributed by atoms with van der Waals surface area (Å²) in [5, 5.41) is 11.6. The summed E-state index contributed by atoms with van der Waals surface area (Å²) in [4.78, 5) is 16.2. The van der Waals surface area contributed by atoms with Gasteiger partial charge in [-0.05, 0) is 54.6 Å². The molecule has 0 unspecified atom stereocenters. The predicted octanol–water partition coefficient (Wildman–Crippen LogP) is 3.01. The Hall–Kier alpha value is -3.70. The van der Waals surface area contributed by atoms with E-state index in [1.165, 1.54) is 36.5 Å². The summed E-state index contributed by atoms with van der Waals surface area (Å²) in [5.74, 6) is -0.179. The number of hydrogen-bond acceptors (Lipinski definition) is 5. The second-order valence-electron chi connectivity index (χ2n) is 5.49. The fourth-order valence-electron chi connectivity index (χ4n) is 2.27. The zero-order valence-corrected chi connectivity index (χ0v) is 14.8. The van der Waals surface area contributed by atoms with E-state index in [4.69, 9.17) is 5.26 Å². The number of carbonyl (C=O) groups excluding carboxylic acids is 1. The van der Waals surface area contributed by atoms with E-state index in [9.17, 15) is 13.2 Å². The Bertz CT molecular complexity index is 1110. The van der Waals surface area contributed by atoms with Crippen molar-refractivity contribution in [2.75, 3.05) is 10.0 Å². The van der Waals surface area contributed by atoms with Crippen LogP contribution in [0.5, 0.6) is 0 Å². The normalized spacial score (nSPS) is 10.6. The van der Waals surface area contributed by atoms with Gasteiger partial charge in [-0.15, -0.1) is 0 Å². The van der Waals surface area contributed by atoms with E-state index in [0.717, 1.165) is 0 Å². The first kappa shape index (κ1) is 18.1. The topological polar surface area (TPSA) is 112 Å². The number of nitrogens with one attached hydrogen (secondary N) is 2. The molecule has 8 heteroatoms. The van der Waals surface area contributed by atoms with Crippen LogP contribution in [-0.2, 0) is 10.0 Å².